The second-order valence-electron chi connectivity index (χ2n) is 5.45. The number of halogens is 3. The summed E-state index contributed by atoms with van der Waals surface area (Å²) in [7, 11) is 0. The maximum absolute atomic E-state index is 12.5. The highest BCUT2D eigenvalue weighted by Crippen LogP contribution is 2.33. The number of aliphatic hydroxyl groups is 1. The molecule has 1 aliphatic carbocycles. The summed E-state index contributed by atoms with van der Waals surface area (Å²) in [6.07, 6.45) is -1.86. The highest BCUT2D eigenvalue weighted by Gasteiger charge is 2.46. The standard InChI is InChI=1S/C12H20F3NO3/c1-8-3-2-4-11(5-8,7-17)16-6-9(10(18)19)12(13,14)15/h8-9,16-17H,2-7H2,1H3,(H,18,19). The average molecular weight is 283 g/mol. The van der Waals surface area contributed by atoms with Crippen LogP contribution < -0.4 is 5.32 Å². The molecule has 1 aliphatic rings. The van der Waals surface area contributed by atoms with E-state index in [-0.39, 0.29) is 6.61 Å². The van der Waals surface area contributed by atoms with Gasteiger partial charge in [-0.2, -0.15) is 13.2 Å². The number of rotatable bonds is 5. The Hall–Kier alpha value is -0.820. The van der Waals surface area contributed by atoms with Gasteiger partial charge in [-0.05, 0) is 18.8 Å². The predicted octanol–water partition coefficient (Wildman–Crippen LogP) is 1.78. The van der Waals surface area contributed by atoms with Crippen molar-refractivity contribution in [2.75, 3.05) is 13.2 Å². The first kappa shape index (κ1) is 16.2. The van der Waals surface area contributed by atoms with Gasteiger partial charge in [-0.25, -0.2) is 0 Å². The zero-order valence-corrected chi connectivity index (χ0v) is 10.8. The SMILES string of the molecule is CC1CCCC(CO)(NCC(C(=O)O)C(F)(F)F)C1. The van der Waals surface area contributed by atoms with Crippen LogP contribution in [0.1, 0.15) is 32.6 Å². The van der Waals surface area contributed by atoms with Crippen molar-refractivity contribution in [2.24, 2.45) is 11.8 Å². The largest absolute Gasteiger partial charge is 0.481 e. The normalized spacial score (nSPS) is 30.1. The summed E-state index contributed by atoms with van der Waals surface area (Å²) < 4.78 is 37.6. The van der Waals surface area contributed by atoms with E-state index in [4.69, 9.17) is 5.11 Å². The Morgan fingerprint density at radius 2 is 2.16 bits per heavy atom. The number of hydrogen-bond donors (Lipinski definition) is 3. The summed E-state index contributed by atoms with van der Waals surface area (Å²) in [5, 5.41) is 20.7. The lowest BCUT2D eigenvalue weighted by atomic mass is 9.76. The number of nitrogens with one attached hydrogen (secondary N) is 1. The number of aliphatic carboxylic acids is 1. The molecule has 4 nitrogen and oxygen atoms in total. The Bertz CT molecular complexity index is 322. The van der Waals surface area contributed by atoms with Gasteiger partial charge in [-0.15, -0.1) is 0 Å². The van der Waals surface area contributed by atoms with Crippen LogP contribution in [0, 0.1) is 11.8 Å². The third-order valence-electron chi connectivity index (χ3n) is 3.77. The van der Waals surface area contributed by atoms with Gasteiger partial charge >= 0.3 is 12.1 Å². The van der Waals surface area contributed by atoms with Gasteiger partial charge in [0, 0.05) is 12.1 Å². The molecule has 0 heterocycles. The second-order valence-corrected chi connectivity index (χ2v) is 5.45. The van der Waals surface area contributed by atoms with Crippen molar-refractivity contribution >= 4 is 5.97 Å². The summed E-state index contributed by atoms with van der Waals surface area (Å²) in [6.45, 7) is 0.997. The third-order valence-corrected chi connectivity index (χ3v) is 3.77. The quantitative estimate of drug-likeness (QED) is 0.719. The molecule has 0 radical (unpaired) electrons. The molecule has 0 bridgehead atoms. The van der Waals surface area contributed by atoms with E-state index in [1.165, 1.54) is 0 Å². The first-order valence-corrected chi connectivity index (χ1v) is 6.35. The van der Waals surface area contributed by atoms with E-state index in [2.05, 4.69) is 5.32 Å². The zero-order chi connectivity index (χ0) is 14.7. The van der Waals surface area contributed by atoms with Gasteiger partial charge in [-0.3, -0.25) is 4.79 Å². The Labute approximate surface area is 110 Å². The topological polar surface area (TPSA) is 69.6 Å². The van der Waals surface area contributed by atoms with Crippen LogP contribution in [0.3, 0.4) is 0 Å². The van der Waals surface area contributed by atoms with Crippen LogP contribution in [0.2, 0.25) is 0 Å². The molecule has 0 saturated heterocycles. The number of alkyl halides is 3. The Morgan fingerprint density at radius 1 is 1.53 bits per heavy atom. The maximum Gasteiger partial charge on any atom is 0.403 e. The van der Waals surface area contributed by atoms with E-state index in [1.54, 1.807) is 0 Å². The molecule has 0 spiro atoms. The molecule has 3 N–H and O–H groups in total. The molecule has 1 saturated carbocycles. The van der Waals surface area contributed by atoms with Crippen molar-refractivity contribution in [1.82, 2.24) is 5.32 Å². The van der Waals surface area contributed by atoms with Crippen LogP contribution in [0.15, 0.2) is 0 Å². The molecule has 112 valence electrons. The van der Waals surface area contributed by atoms with Crippen LogP contribution in [0.25, 0.3) is 0 Å². The third kappa shape index (κ3) is 4.35. The number of carboxylic acid groups (broad SMARTS) is 1. The first-order chi connectivity index (χ1) is 8.70. The van der Waals surface area contributed by atoms with Crippen molar-refractivity contribution in [1.29, 1.82) is 0 Å². The monoisotopic (exact) mass is 283 g/mol. The number of carboxylic acids is 1. The maximum atomic E-state index is 12.5. The molecule has 0 aromatic rings. The van der Waals surface area contributed by atoms with Gasteiger partial charge in [0.1, 0.15) is 0 Å². The molecule has 0 amide bonds. The minimum absolute atomic E-state index is 0.276. The molecular weight excluding hydrogens is 263 g/mol. The Kier molecular flexibility index (Phi) is 5.20. The average Bonchev–Trinajstić information content (AvgIpc) is 2.27. The molecule has 0 aliphatic heterocycles. The lowest BCUT2D eigenvalue weighted by molar-refractivity contribution is -0.193. The predicted molar refractivity (Wildman–Crippen MR) is 62.6 cm³/mol. The van der Waals surface area contributed by atoms with Crippen molar-refractivity contribution in [2.45, 2.75) is 44.3 Å². The number of carbonyl (C=O) groups is 1. The van der Waals surface area contributed by atoms with Crippen LogP contribution in [-0.4, -0.2) is 41.0 Å². The van der Waals surface area contributed by atoms with Gasteiger partial charge in [-0.1, -0.05) is 19.8 Å². The summed E-state index contributed by atoms with van der Waals surface area (Å²) in [4.78, 5) is 10.7. The summed E-state index contributed by atoms with van der Waals surface area (Å²) >= 11 is 0. The number of hydrogen-bond acceptors (Lipinski definition) is 3. The Morgan fingerprint density at radius 3 is 2.58 bits per heavy atom. The van der Waals surface area contributed by atoms with E-state index in [0.29, 0.717) is 18.8 Å². The highest BCUT2D eigenvalue weighted by atomic mass is 19.4. The molecule has 0 aromatic heterocycles. The van der Waals surface area contributed by atoms with Crippen molar-refractivity contribution in [3.8, 4) is 0 Å². The lowest BCUT2D eigenvalue weighted by Gasteiger charge is -2.40. The number of aliphatic hydroxyl groups excluding tert-OH is 1. The van der Waals surface area contributed by atoms with E-state index in [9.17, 15) is 23.1 Å². The van der Waals surface area contributed by atoms with Crippen LogP contribution in [0.5, 0.6) is 0 Å². The van der Waals surface area contributed by atoms with Crippen LogP contribution in [0.4, 0.5) is 13.2 Å². The molecule has 3 unspecified atom stereocenters. The van der Waals surface area contributed by atoms with Gasteiger partial charge in [0.05, 0.1) is 6.61 Å². The van der Waals surface area contributed by atoms with Gasteiger partial charge < -0.3 is 15.5 Å². The van der Waals surface area contributed by atoms with Crippen molar-refractivity contribution < 1.29 is 28.2 Å². The minimum atomic E-state index is -4.78. The fraction of sp³-hybridized carbons (Fsp3) is 0.917. The van der Waals surface area contributed by atoms with Gasteiger partial charge in [0.2, 0.25) is 0 Å². The first-order valence-electron chi connectivity index (χ1n) is 6.35. The van der Waals surface area contributed by atoms with E-state index in [1.807, 2.05) is 6.92 Å². The molecule has 0 aromatic carbocycles. The molecular formula is C12H20F3NO3. The molecule has 19 heavy (non-hydrogen) atoms. The van der Waals surface area contributed by atoms with Crippen LogP contribution >= 0.6 is 0 Å². The zero-order valence-electron chi connectivity index (χ0n) is 10.8. The fourth-order valence-electron chi connectivity index (χ4n) is 2.68. The molecule has 3 atom stereocenters. The fourth-order valence-corrected chi connectivity index (χ4v) is 2.68. The summed E-state index contributed by atoms with van der Waals surface area (Å²) in [6, 6.07) is 0. The lowest BCUT2D eigenvalue weighted by Crippen LogP contribution is -2.55. The Balaban J connectivity index is 2.68. The van der Waals surface area contributed by atoms with Crippen molar-refractivity contribution in [3.05, 3.63) is 0 Å². The van der Waals surface area contributed by atoms with E-state index in [0.717, 1.165) is 12.8 Å². The molecule has 1 rings (SSSR count). The summed E-state index contributed by atoms with van der Waals surface area (Å²) in [5.74, 6) is -4.02. The van der Waals surface area contributed by atoms with E-state index < -0.39 is 30.1 Å². The molecule has 7 heteroatoms. The van der Waals surface area contributed by atoms with Gasteiger partial charge in [0.25, 0.3) is 0 Å². The molecule has 1 fully saturated rings. The minimum Gasteiger partial charge on any atom is -0.481 e. The second kappa shape index (κ2) is 6.09. The highest BCUT2D eigenvalue weighted by molar-refractivity contribution is 5.71. The van der Waals surface area contributed by atoms with Crippen molar-refractivity contribution in [3.63, 3.8) is 0 Å². The smallest absolute Gasteiger partial charge is 0.403 e. The van der Waals surface area contributed by atoms with Gasteiger partial charge in [0.15, 0.2) is 5.92 Å². The van der Waals surface area contributed by atoms with Crippen LogP contribution in [-0.2, 0) is 4.79 Å². The summed E-state index contributed by atoms with van der Waals surface area (Å²) in [5.41, 5.74) is -0.781. The van der Waals surface area contributed by atoms with E-state index >= 15 is 0 Å².